The number of rotatable bonds is 3. The van der Waals surface area contributed by atoms with Crippen molar-refractivity contribution in [3.8, 4) is 5.75 Å². The number of ether oxygens (including phenoxy) is 1. The number of benzene rings is 1. The van der Waals surface area contributed by atoms with E-state index in [-0.39, 0.29) is 0 Å². The van der Waals surface area contributed by atoms with Gasteiger partial charge in [0, 0.05) is 12.0 Å². The number of hydrogen-bond acceptors (Lipinski definition) is 2. The Morgan fingerprint density at radius 2 is 2.24 bits per heavy atom. The van der Waals surface area contributed by atoms with Gasteiger partial charge >= 0.3 is 0 Å². The predicted molar refractivity (Wildman–Crippen MR) is 69.3 cm³/mol. The summed E-state index contributed by atoms with van der Waals surface area (Å²) in [7, 11) is 0. The molecule has 1 N–H and O–H groups in total. The average Bonchev–Trinajstić information content (AvgIpc) is 2.34. The molecule has 17 heavy (non-hydrogen) atoms. The molecule has 1 fully saturated rings. The van der Waals surface area contributed by atoms with E-state index in [1.807, 2.05) is 0 Å². The van der Waals surface area contributed by atoms with Crippen LogP contribution in [0.25, 0.3) is 0 Å². The maximum absolute atomic E-state index is 6.08. The average molecular weight is 231 g/mol. The molecule has 1 heterocycles. The van der Waals surface area contributed by atoms with Crippen molar-refractivity contribution in [1.82, 2.24) is 5.32 Å². The lowest BCUT2D eigenvalue weighted by Crippen LogP contribution is -2.32. The second-order valence-corrected chi connectivity index (χ2v) is 5.77. The first-order valence-electron chi connectivity index (χ1n) is 6.71. The fraction of sp³-hybridized carbons (Fsp3) is 0.600. The lowest BCUT2D eigenvalue weighted by atomic mass is 9.71. The summed E-state index contributed by atoms with van der Waals surface area (Å²) in [6.07, 6.45) is 5.12. The summed E-state index contributed by atoms with van der Waals surface area (Å²) in [6, 6.07) is 6.45. The molecule has 1 aliphatic carbocycles. The van der Waals surface area contributed by atoms with Crippen molar-refractivity contribution in [2.24, 2.45) is 5.41 Å². The fourth-order valence-electron chi connectivity index (χ4n) is 2.81. The van der Waals surface area contributed by atoms with E-state index < -0.39 is 0 Å². The van der Waals surface area contributed by atoms with E-state index in [0.717, 1.165) is 31.9 Å². The van der Waals surface area contributed by atoms with Gasteiger partial charge in [-0.1, -0.05) is 25.5 Å². The molecule has 0 unspecified atom stereocenters. The standard InChI is InChI=1S/C15H21NO/c1-15(7-3-8-15)11-17-14-5-2-4-12-10-16-9-6-13(12)14/h2,4-5,16H,3,6-11H2,1H3. The van der Waals surface area contributed by atoms with E-state index in [9.17, 15) is 0 Å². The summed E-state index contributed by atoms with van der Waals surface area (Å²) in [5.41, 5.74) is 3.28. The molecule has 0 spiro atoms. The first-order chi connectivity index (χ1) is 8.27. The third-order valence-corrected chi connectivity index (χ3v) is 4.23. The molecule has 2 heteroatoms. The Kier molecular flexibility index (Phi) is 2.83. The van der Waals surface area contributed by atoms with E-state index in [1.54, 1.807) is 0 Å². The molecule has 0 atom stereocenters. The van der Waals surface area contributed by atoms with Gasteiger partial charge < -0.3 is 10.1 Å². The van der Waals surface area contributed by atoms with Crippen molar-refractivity contribution in [1.29, 1.82) is 0 Å². The Hall–Kier alpha value is -1.02. The molecule has 3 rings (SSSR count). The quantitative estimate of drug-likeness (QED) is 0.863. The summed E-state index contributed by atoms with van der Waals surface area (Å²) in [5.74, 6) is 1.12. The molecular formula is C15H21NO. The van der Waals surface area contributed by atoms with Crippen LogP contribution in [-0.4, -0.2) is 13.2 Å². The zero-order valence-corrected chi connectivity index (χ0v) is 10.6. The maximum atomic E-state index is 6.08. The minimum Gasteiger partial charge on any atom is -0.493 e. The van der Waals surface area contributed by atoms with Crippen molar-refractivity contribution in [3.05, 3.63) is 29.3 Å². The van der Waals surface area contributed by atoms with Gasteiger partial charge in [0.05, 0.1) is 6.61 Å². The molecule has 0 bridgehead atoms. The van der Waals surface area contributed by atoms with Crippen molar-refractivity contribution < 1.29 is 4.74 Å². The third kappa shape index (κ3) is 2.19. The minimum atomic E-state index is 0.440. The minimum absolute atomic E-state index is 0.440. The zero-order chi connectivity index (χ0) is 11.7. The first kappa shape index (κ1) is 11.1. The van der Waals surface area contributed by atoms with Crippen molar-refractivity contribution in [3.63, 3.8) is 0 Å². The van der Waals surface area contributed by atoms with Crippen LogP contribution < -0.4 is 10.1 Å². The highest BCUT2D eigenvalue weighted by Crippen LogP contribution is 2.41. The van der Waals surface area contributed by atoms with Gasteiger partial charge in [0.15, 0.2) is 0 Å². The highest BCUT2D eigenvalue weighted by atomic mass is 16.5. The van der Waals surface area contributed by atoms with Crippen LogP contribution in [0.3, 0.4) is 0 Å². The topological polar surface area (TPSA) is 21.3 Å². The first-order valence-corrected chi connectivity index (χ1v) is 6.71. The second-order valence-electron chi connectivity index (χ2n) is 5.77. The molecule has 0 radical (unpaired) electrons. The van der Waals surface area contributed by atoms with Crippen molar-refractivity contribution >= 4 is 0 Å². The Morgan fingerprint density at radius 3 is 3.00 bits per heavy atom. The molecular weight excluding hydrogens is 210 g/mol. The zero-order valence-electron chi connectivity index (χ0n) is 10.6. The van der Waals surface area contributed by atoms with Crippen LogP contribution in [0.15, 0.2) is 18.2 Å². The van der Waals surface area contributed by atoms with E-state index in [1.165, 1.54) is 30.4 Å². The monoisotopic (exact) mass is 231 g/mol. The Morgan fingerprint density at radius 1 is 1.35 bits per heavy atom. The number of nitrogens with one attached hydrogen (secondary N) is 1. The van der Waals surface area contributed by atoms with Crippen LogP contribution in [0.1, 0.15) is 37.3 Å². The second kappa shape index (κ2) is 4.34. The highest BCUT2D eigenvalue weighted by Gasteiger charge is 2.32. The van der Waals surface area contributed by atoms with Gasteiger partial charge in [0.2, 0.25) is 0 Å². The van der Waals surface area contributed by atoms with Crippen LogP contribution in [0.4, 0.5) is 0 Å². The normalized spacial score (nSPS) is 21.5. The summed E-state index contributed by atoms with van der Waals surface area (Å²) in [6.45, 7) is 5.29. The molecule has 0 amide bonds. The van der Waals surface area contributed by atoms with Gasteiger partial charge in [-0.3, -0.25) is 0 Å². The van der Waals surface area contributed by atoms with Gasteiger partial charge in [-0.15, -0.1) is 0 Å². The summed E-state index contributed by atoms with van der Waals surface area (Å²) in [5, 5.41) is 3.41. The van der Waals surface area contributed by atoms with Gasteiger partial charge in [-0.05, 0) is 43.0 Å². The van der Waals surface area contributed by atoms with E-state index >= 15 is 0 Å². The fourth-order valence-corrected chi connectivity index (χ4v) is 2.81. The molecule has 1 aromatic rings. The Balaban J connectivity index is 1.74. The van der Waals surface area contributed by atoms with Gasteiger partial charge in [-0.25, -0.2) is 0 Å². The smallest absolute Gasteiger partial charge is 0.122 e. The molecule has 1 aliphatic heterocycles. The van der Waals surface area contributed by atoms with Gasteiger partial charge in [0.1, 0.15) is 5.75 Å². The number of hydrogen-bond donors (Lipinski definition) is 1. The molecule has 1 saturated carbocycles. The summed E-state index contributed by atoms with van der Waals surface area (Å²) in [4.78, 5) is 0. The van der Waals surface area contributed by atoms with E-state index in [2.05, 4.69) is 30.4 Å². The van der Waals surface area contributed by atoms with Crippen LogP contribution in [-0.2, 0) is 13.0 Å². The lowest BCUT2D eigenvalue weighted by Gasteiger charge is -2.38. The molecule has 0 aromatic heterocycles. The molecule has 2 nitrogen and oxygen atoms in total. The van der Waals surface area contributed by atoms with Crippen molar-refractivity contribution in [2.45, 2.75) is 39.2 Å². The lowest BCUT2D eigenvalue weighted by molar-refractivity contribution is 0.0769. The SMILES string of the molecule is CC1(COc2cccc3c2CCNC3)CCC1. The van der Waals surface area contributed by atoms with Gasteiger partial charge in [0.25, 0.3) is 0 Å². The Bertz CT molecular complexity index is 409. The van der Waals surface area contributed by atoms with Crippen LogP contribution >= 0.6 is 0 Å². The summed E-state index contributed by atoms with van der Waals surface area (Å²) >= 11 is 0. The predicted octanol–water partition coefficient (Wildman–Crippen LogP) is 2.90. The van der Waals surface area contributed by atoms with Crippen molar-refractivity contribution in [2.75, 3.05) is 13.2 Å². The Labute approximate surface area is 103 Å². The summed E-state index contributed by atoms with van der Waals surface area (Å²) < 4.78 is 6.08. The van der Waals surface area contributed by atoms with Crippen LogP contribution in [0.2, 0.25) is 0 Å². The van der Waals surface area contributed by atoms with Crippen LogP contribution in [0, 0.1) is 5.41 Å². The molecule has 1 aromatic carbocycles. The molecule has 0 saturated heterocycles. The maximum Gasteiger partial charge on any atom is 0.122 e. The van der Waals surface area contributed by atoms with Crippen LogP contribution in [0.5, 0.6) is 5.75 Å². The highest BCUT2D eigenvalue weighted by molar-refractivity contribution is 5.41. The molecule has 2 aliphatic rings. The number of fused-ring (bicyclic) bond motifs is 1. The third-order valence-electron chi connectivity index (χ3n) is 4.23. The largest absolute Gasteiger partial charge is 0.493 e. The molecule has 92 valence electrons. The van der Waals surface area contributed by atoms with E-state index in [4.69, 9.17) is 4.74 Å². The van der Waals surface area contributed by atoms with Gasteiger partial charge in [-0.2, -0.15) is 0 Å². The van der Waals surface area contributed by atoms with E-state index in [0.29, 0.717) is 5.41 Å².